The van der Waals surface area contributed by atoms with Gasteiger partial charge in [0.15, 0.2) is 5.16 Å². The van der Waals surface area contributed by atoms with Gasteiger partial charge in [0.1, 0.15) is 5.76 Å². The Hall–Kier alpha value is -2.99. The molecular formula is C21H19N3O2S. The van der Waals surface area contributed by atoms with E-state index in [1.165, 1.54) is 0 Å². The van der Waals surface area contributed by atoms with Crippen LogP contribution in [0.3, 0.4) is 0 Å². The lowest BCUT2D eigenvalue weighted by Gasteiger charge is -2.16. The van der Waals surface area contributed by atoms with Gasteiger partial charge in [-0.05, 0) is 42.0 Å². The molecule has 2 aromatic heterocycles. The summed E-state index contributed by atoms with van der Waals surface area (Å²) < 4.78 is 5.30. The molecule has 0 aliphatic rings. The smallest absolute Gasteiger partial charge is 0.254 e. The Morgan fingerprint density at radius 2 is 1.93 bits per heavy atom. The van der Waals surface area contributed by atoms with Gasteiger partial charge in [-0.1, -0.05) is 36.0 Å². The summed E-state index contributed by atoms with van der Waals surface area (Å²) in [5, 5.41) is 0.898. The number of nitrogens with one attached hydrogen (secondary N) is 1. The van der Waals surface area contributed by atoms with Crippen LogP contribution >= 0.6 is 11.8 Å². The number of carbonyl (C=O) groups is 1. The van der Waals surface area contributed by atoms with Gasteiger partial charge >= 0.3 is 0 Å². The average molecular weight is 377 g/mol. The molecule has 1 N–H and O–H groups in total. The van der Waals surface area contributed by atoms with Crippen LogP contribution in [0.15, 0.2) is 76.5 Å². The van der Waals surface area contributed by atoms with Crippen LogP contribution in [0.5, 0.6) is 0 Å². The molecule has 0 aliphatic heterocycles. The van der Waals surface area contributed by atoms with E-state index in [0.29, 0.717) is 12.1 Å². The lowest BCUT2D eigenvalue weighted by atomic mass is 10.1. The predicted molar refractivity (Wildman–Crippen MR) is 107 cm³/mol. The standard InChI is InChI=1S/C21H19N3O2S/c1-24(13-17-5-4-12-26-17)20(25)16-10-8-15(9-11-16)14-27-21-22-18-6-2-3-7-19(18)23-21/h2-12H,13-14H2,1H3,(H,22,23). The summed E-state index contributed by atoms with van der Waals surface area (Å²) in [6.45, 7) is 0.454. The minimum absolute atomic E-state index is 0.0251. The van der Waals surface area contributed by atoms with Crippen LogP contribution in [-0.2, 0) is 12.3 Å². The second-order valence-electron chi connectivity index (χ2n) is 6.29. The first-order chi connectivity index (χ1) is 13.2. The molecule has 2 heterocycles. The Labute approximate surface area is 161 Å². The van der Waals surface area contributed by atoms with Crippen molar-refractivity contribution in [2.45, 2.75) is 17.5 Å². The zero-order chi connectivity index (χ0) is 18.6. The Kier molecular flexibility index (Phi) is 4.98. The number of hydrogen-bond donors (Lipinski definition) is 1. The van der Waals surface area contributed by atoms with Gasteiger partial charge in [-0.15, -0.1) is 0 Å². The maximum atomic E-state index is 12.5. The number of rotatable bonds is 6. The first kappa shape index (κ1) is 17.4. The number of imidazole rings is 1. The van der Waals surface area contributed by atoms with Crippen molar-refractivity contribution in [3.05, 3.63) is 83.8 Å². The van der Waals surface area contributed by atoms with E-state index >= 15 is 0 Å². The van der Waals surface area contributed by atoms with Gasteiger partial charge in [-0.25, -0.2) is 4.98 Å². The SMILES string of the molecule is CN(Cc1ccco1)C(=O)c1ccc(CSc2nc3ccccc3[nH]2)cc1. The fraction of sp³-hybridized carbons (Fsp3) is 0.143. The van der Waals surface area contributed by atoms with E-state index in [-0.39, 0.29) is 5.91 Å². The number of aromatic nitrogens is 2. The molecule has 136 valence electrons. The van der Waals surface area contributed by atoms with Gasteiger partial charge in [0.25, 0.3) is 5.91 Å². The number of aromatic amines is 1. The summed E-state index contributed by atoms with van der Waals surface area (Å²) in [5.41, 5.74) is 3.83. The van der Waals surface area contributed by atoms with Crippen molar-refractivity contribution in [1.82, 2.24) is 14.9 Å². The molecule has 0 spiro atoms. The molecule has 0 radical (unpaired) electrons. The quantitative estimate of drug-likeness (QED) is 0.494. The van der Waals surface area contributed by atoms with Crippen molar-refractivity contribution >= 4 is 28.7 Å². The Morgan fingerprint density at radius 1 is 1.11 bits per heavy atom. The van der Waals surface area contributed by atoms with Crippen molar-refractivity contribution in [2.24, 2.45) is 0 Å². The molecule has 2 aromatic carbocycles. The van der Waals surface area contributed by atoms with Crippen molar-refractivity contribution in [3.63, 3.8) is 0 Å². The summed E-state index contributed by atoms with van der Waals surface area (Å²) in [6, 6.07) is 19.4. The highest BCUT2D eigenvalue weighted by Gasteiger charge is 2.13. The number of fused-ring (bicyclic) bond motifs is 1. The molecule has 0 saturated carbocycles. The average Bonchev–Trinajstić information content (AvgIpc) is 3.35. The van der Waals surface area contributed by atoms with Crippen molar-refractivity contribution in [2.75, 3.05) is 7.05 Å². The number of amides is 1. The third kappa shape index (κ3) is 4.06. The molecular weight excluding hydrogens is 358 g/mol. The van der Waals surface area contributed by atoms with E-state index in [1.54, 1.807) is 30.0 Å². The second kappa shape index (κ2) is 7.72. The summed E-state index contributed by atoms with van der Waals surface area (Å²) in [7, 11) is 1.77. The fourth-order valence-corrected chi connectivity index (χ4v) is 3.66. The van der Waals surface area contributed by atoms with E-state index in [2.05, 4.69) is 9.97 Å². The van der Waals surface area contributed by atoms with E-state index in [9.17, 15) is 4.79 Å². The normalized spacial score (nSPS) is 11.0. The van der Waals surface area contributed by atoms with Gasteiger partial charge in [-0.3, -0.25) is 4.79 Å². The molecule has 0 saturated heterocycles. The number of H-pyrrole nitrogens is 1. The molecule has 4 aromatic rings. The minimum Gasteiger partial charge on any atom is -0.467 e. The van der Waals surface area contributed by atoms with Crippen molar-refractivity contribution < 1.29 is 9.21 Å². The molecule has 0 fully saturated rings. The zero-order valence-electron chi connectivity index (χ0n) is 14.9. The predicted octanol–water partition coefficient (Wildman–Crippen LogP) is 4.72. The summed E-state index contributed by atoms with van der Waals surface area (Å²) in [4.78, 5) is 22.1. The Bertz CT molecular complexity index is 1010. The lowest BCUT2D eigenvalue weighted by molar-refractivity contribution is 0.0775. The molecule has 5 nitrogen and oxygen atoms in total. The first-order valence-electron chi connectivity index (χ1n) is 8.63. The molecule has 1 amide bonds. The van der Waals surface area contributed by atoms with Gasteiger partial charge < -0.3 is 14.3 Å². The second-order valence-corrected chi connectivity index (χ2v) is 7.25. The fourth-order valence-electron chi connectivity index (χ4n) is 2.82. The van der Waals surface area contributed by atoms with Crippen LogP contribution in [0.2, 0.25) is 0 Å². The number of carbonyl (C=O) groups excluding carboxylic acids is 1. The van der Waals surface area contributed by atoms with Gasteiger partial charge in [0.05, 0.1) is 23.8 Å². The number of hydrogen-bond acceptors (Lipinski definition) is 4. The highest BCUT2D eigenvalue weighted by molar-refractivity contribution is 7.98. The number of nitrogens with zero attached hydrogens (tertiary/aromatic N) is 2. The lowest BCUT2D eigenvalue weighted by Crippen LogP contribution is -2.25. The zero-order valence-corrected chi connectivity index (χ0v) is 15.7. The van der Waals surface area contributed by atoms with E-state index in [0.717, 1.165) is 33.3 Å². The van der Waals surface area contributed by atoms with Crippen LogP contribution in [-0.4, -0.2) is 27.8 Å². The van der Waals surface area contributed by atoms with Crippen LogP contribution in [0.25, 0.3) is 11.0 Å². The molecule has 4 rings (SSSR count). The van der Waals surface area contributed by atoms with E-state index < -0.39 is 0 Å². The molecule has 0 aliphatic carbocycles. The van der Waals surface area contributed by atoms with Crippen LogP contribution in [0.1, 0.15) is 21.7 Å². The van der Waals surface area contributed by atoms with Crippen LogP contribution < -0.4 is 0 Å². The Morgan fingerprint density at radius 3 is 2.67 bits per heavy atom. The maximum absolute atomic E-state index is 12.5. The number of thioether (sulfide) groups is 1. The maximum Gasteiger partial charge on any atom is 0.254 e. The highest BCUT2D eigenvalue weighted by atomic mass is 32.2. The molecule has 0 atom stereocenters. The third-order valence-corrected chi connectivity index (χ3v) is 5.21. The van der Waals surface area contributed by atoms with Gasteiger partial charge in [0.2, 0.25) is 0 Å². The topological polar surface area (TPSA) is 62.1 Å². The van der Waals surface area contributed by atoms with Gasteiger partial charge in [0, 0.05) is 18.4 Å². The van der Waals surface area contributed by atoms with Gasteiger partial charge in [-0.2, -0.15) is 0 Å². The largest absolute Gasteiger partial charge is 0.467 e. The molecule has 0 bridgehead atoms. The summed E-state index contributed by atoms with van der Waals surface area (Å²) >= 11 is 1.65. The number of furan rings is 1. The number of para-hydroxylation sites is 2. The van der Waals surface area contributed by atoms with Crippen molar-refractivity contribution in [3.8, 4) is 0 Å². The monoisotopic (exact) mass is 377 g/mol. The molecule has 6 heteroatoms. The molecule has 27 heavy (non-hydrogen) atoms. The van der Waals surface area contributed by atoms with Crippen LogP contribution in [0, 0.1) is 0 Å². The summed E-state index contributed by atoms with van der Waals surface area (Å²) in [5.74, 6) is 1.53. The number of benzene rings is 2. The summed E-state index contributed by atoms with van der Waals surface area (Å²) in [6.07, 6.45) is 1.61. The first-order valence-corrected chi connectivity index (χ1v) is 9.62. The molecule has 0 unspecified atom stereocenters. The van der Waals surface area contributed by atoms with E-state index in [4.69, 9.17) is 4.42 Å². The minimum atomic E-state index is -0.0251. The van der Waals surface area contributed by atoms with Crippen molar-refractivity contribution in [1.29, 1.82) is 0 Å². The van der Waals surface area contributed by atoms with E-state index in [1.807, 2.05) is 60.7 Å². The van der Waals surface area contributed by atoms with Crippen LogP contribution in [0.4, 0.5) is 0 Å². The highest BCUT2D eigenvalue weighted by Crippen LogP contribution is 2.23. The third-order valence-electron chi connectivity index (χ3n) is 4.26. The Balaban J connectivity index is 1.37.